The molecule has 0 heterocycles. The van der Waals surface area contributed by atoms with E-state index in [1.54, 1.807) is 0 Å². The second-order valence-corrected chi connectivity index (χ2v) is 3.62. The number of alkyl halides is 3. The van der Waals surface area contributed by atoms with Crippen LogP contribution in [0.4, 0.5) is 18.0 Å². The Morgan fingerprint density at radius 2 is 1.95 bits per heavy atom. The summed E-state index contributed by atoms with van der Waals surface area (Å²) in [5.74, 6) is -1.43. The highest BCUT2D eigenvalue weighted by Crippen LogP contribution is 2.13. The van der Waals surface area contributed by atoms with Crippen molar-refractivity contribution in [3.63, 3.8) is 0 Å². The van der Waals surface area contributed by atoms with Gasteiger partial charge in [0.05, 0.1) is 12.7 Å². The maximum atomic E-state index is 11.7. The molecule has 19 heavy (non-hydrogen) atoms. The van der Waals surface area contributed by atoms with Gasteiger partial charge in [-0.25, -0.2) is 9.59 Å². The van der Waals surface area contributed by atoms with Gasteiger partial charge in [-0.15, -0.1) is 0 Å². The van der Waals surface area contributed by atoms with E-state index in [2.05, 4.69) is 10.1 Å². The molecule has 10 heteroatoms. The van der Waals surface area contributed by atoms with Crippen molar-refractivity contribution in [2.75, 3.05) is 19.8 Å². The molecule has 0 aliphatic carbocycles. The van der Waals surface area contributed by atoms with Gasteiger partial charge < -0.3 is 25.6 Å². The fraction of sp³-hybridized carbons (Fsp3) is 0.778. The van der Waals surface area contributed by atoms with Gasteiger partial charge in [-0.3, -0.25) is 0 Å². The van der Waals surface area contributed by atoms with Gasteiger partial charge in [0, 0.05) is 6.54 Å². The van der Waals surface area contributed by atoms with Crippen LogP contribution >= 0.6 is 0 Å². The largest absolute Gasteiger partial charge is 0.480 e. The average molecular weight is 288 g/mol. The van der Waals surface area contributed by atoms with E-state index >= 15 is 0 Å². The van der Waals surface area contributed by atoms with E-state index in [0.29, 0.717) is 0 Å². The smallest absolute Gasteiger partial charge is 0.411 e. The zero-order valence-electron chi connectivity index (χ0n) is 10.0. The van der Waals surface area contributed by atoms with Crippen LogP contribution in [0.2, 0.25) is 0 Å². The molecule has 0 radical (unpaired) electrons. The number of aliphatic hydroxyl groups excluding tert-OH is 1. The van der Waals surface area contributed by atoms with Gasteiger partial charge in [-0.05, 0) is 6.92 Å². The summed E-state index contributed by atoms with van der Waals surface area (Å²) in [5, 5.41) is 21.7. The number of amides is 2. The molecule has 0 aromatic carbocycles. The number of aliphatic hydroxyl groups is 1. The number of urea groups is 1. The molecule has 0 aliphatic heterocycles. The highest BCUT2D eigenvalue weighted by molar-refractivity contribution is 5.82. The normalized spacial score (nSPS) is 14.6. The van der Waals surface area contributed by atoms with Crippen LogP contribution in [0.25, 0.3) is 0 Å². The van der Waals surface area contributed by atoms with Crippen LogP contribution in [-0.4, -0.2) is 60.3 Å². The lowest BCUT2D eigenvalue weighted by atomic mass is 10.2. The topological polar surface area (TPSA) is 108 Å². The lowest BCUT2D eigenvalue weighted by molar-refractivity contribution is -0.173. The van der Waals surface area contributed by atoms with E-state index in [1.807, 2.05) is 5.32 Å². The second kappa shape index (κ2) is 7.79. The number of hydrogen-bond acceptors (Lipinski definition) is 4. The van der Waals surface area contributed by atoms with E-state index in [1.165, 1.54) is 6.92 Å². The Balaban J connectivity index is 3.84. The van der Waals surface area contributed by atoms with Crippen LogP contribution < -0.4 is 10.6 Å². The molecular formula is C9H15F3N2O5. The number of aliphatic carboxylic acids is 1. The van der Waals surface area contributed by atoms with Gasteiger partial charge in [0.25, 0.3) is 0 Å². The first-order chi connectivity index (χ1) is 8.63. The first-order valence-electron chi connectivity index (χ1n) is 5.23. The van der Waals surface area contributed by atoms with Crippen molar-refractivity contribution in [1.82, 2.24) is 10.6 Å². The number of hydrogen-bond donors (Lipinski definition) is 4. The first kappa shape index (κ1) is 17.4. The van der Waals surface area contributed by atoms with Gasteiger partial charge in [0.1, 0.15) is 6.61 Å². The molecule has 0 rings (SSSR count). The predicted molar refractivity (Wildman–Crippen MR) is 56.5 cm³/mol. The molecule has 2 amide bonds. The Labute approximate surface area is 106 Å². The molecule has 0 fully saturated rings. The minimum absolute atomic E-state index is 0.228. The fourth-order valence-electron chi connectivity index (χ4n) is 1.01. The van der Waals surface area contributed by atoms with E-state index in [4.69, 9.17) is 10.2 Å². The highest BCUT2D eigenvalue weighted by atomic mass is 19.4. The van der Waals surface area contributed by atoms with Gasteiger partial charge >= 0.3 is 18.2 Å². The number of carboxylic acid groups (broad SMARTS) is 1. The molecule has 0 aliphatic rings. The number of nitrogens with one attached hydrogen (secondary N) is 2. The van der Waals surface area contributed by atoms with Crippen LogP contribution in [0.3, 0.4) is 0 Å². The predicted octanol–water partition coefficient (Wildman–Crippen LogP) is -0.302. The summed E-state index contributed by atoms with van der Waals surface area (Å²) in [6.07, 6.45) is -5.76. The summed E-state index contributed by atoms with van der Waals surface area (Å²) in [6, 6.07) is -2.43. The molecule has 0 spiro atoms. The minimum Gasteiger partial charge on any atom is -0.480 e. The molecule has 0 saturated heterocycles. The number of halogens is 3. The molecule has 0 aromatic heterocycles. The van der Waals surface area contributed by atoms with Crippen molar-refractivity contribution in [3.8, 4) is 0 Å². The maximum Gasteiger partial charge on any atom is 0.411 e. The standard InChI is InChI=1S/C9H15F3N2O5/c1-5(15)6(7(16)17)14-8(18)13-2-3-19-4-9(10,11)12/h5-6,15H,2-4H2,1H3,(H,16,17)(H2,13,14,18)/t5-,6+/m1/s1. The molecule has 4 N–H and O–H groups in total. The second-order valence-electron chi connectivity index (χ2n) is 3.62. The number of carbonyl (C=O) groups is 2. The maximum absolute atomic E-state index is 11.7. The molecule has 0 unspecified atom stereocenters. The Morgan fingerprint density at radius 3 is 2.37 bits per heavy atom. The summed E-state index contributed by atoms with van der Waals surface area (Å²) in [6.45, 7) is -0.860. The first-order valence-corrected chi connectivity index (χ1v) is 5.23. The third-order valence-electron chi connectivity index (χ3n) is 1.83. The molecule has 0 bridgehead atoms. The van der Waals surface area contributed by atoms with E-state index < -0.39 is 36.9 Å². The number of carbonyl (C=O) groups excluding carboxylic acids is 1. The number of ether oxygens (including phenoxy) is 1. The Kier molecular flexibility index (Phi) is 7.16. The van der Waals surface area contributed by atoms with Crippen LogP contribution in [-0.2, 0) is 9.53 Å². The van der Waals surface area contributed by atoms with Gasteiger partial charge in [-0.2, -0.15) is 13.2 Å². The zero-order valence-corrected chi connectivity index (χ0v) is 10.0. The van der Waals surface area contributed by atoms with Crippen molar-refractivity contribution in [2.24, 2.45) is 0 Å². The quantitative estimate of drug-likeness (QED) is 0.481. The van der Waals surface area contributed by atoms with Crippen LogP contribution in [0, 0.1) is 0 Å². The Bertz CT molecular complexity index is 309. The average Bonchev–Trinajstić information content (AvgIpc) is 2.22. The van der Waals surface area contributed by atoms with Crippen molar-refractivity contribution in [3.05, 3.63) is 0 Å². The highest BCUT2D eigenvalue weighted by Gasteiger charge is 2.27. The Hall–Kier alpha value is -1.55. The minimum atomic E-state index is -4.44. The number of rotatable bonds is 7. The lowest BCUT2D eigenvalue weighted by Crippen LogP contribution is -2.51. The Morgan fingerprint density at radius 1 is 1.37 bits per heavy atom. The molecular weight excluding hydrogens is 273 g/mol. The van der Waals surface area contributed by atoms with Crippen LogP contribution in [0.1, 0.15) is 6.92 Å². The third-order valence-corrected chi connectivity index (χ3v) is 1.83. The SMILES string of the molecule is C[C@@H](O)[C@H](NC(=O)NCCOCC(F)(F)F)C(=O)O. The summed E-state index contributed by atoms with van der Waals surface area (Å²) < 4.78 is 39.2. The van der Waals surface area contributed by atoms with Crippen molar-refractivity contribution in [2.45, 2.75) is 25.2 Å². The zero-order chi connectivity index (χ0) is 15.1. The van der Waals surface area contributed by atoms with Crippen molar-refractivity contribution >= 4 is 12.0 Å². The van der Waals surface area contributed by atoms with E-state index in [0.717, 1.165) is 0 Å². The molecule has 112 valence electrons. The molecule has 0 aromatic rings. The van der Waals surface area contributed by atoms with Gasteiger partial charge in [-0.1, -0.05) is 0 Å². The van der Waals surface area contributed by atoms with Crippen molar-refractivity contribution in [1.29, 1.82) is 0 Å². The summed E-state index contributed by atoms with van der Waals surface area (Å²) >= 11 is 0. The summed E-state index contributed by atoms with van der Waals surface area (Å²) in [5.41, 5.74) is 0. The summed E-state index contributed by atoms with van der Waals surface area (Å²) in [4.78, 5) is 21.8. The van der Waals surface area contributed by atoms with Crippen LogP contribution in [0.15, 0.2) is 0 Å². The van der Waals surface area contributed by atoms with Gasteiger partial charge in [0.15, 0.2) is 6.04 Å². The third kappa shape index (κ3) is 9.08. The summed E-state index contributed by atoms with van der Waals surface area (Å²) in [7, 11) is 0. The van der Waals surface area contributed by atoms with Gasteiger partial charge in [0.2, 0.25) is 0 Å². The number of carboxylic acids is 1. The van der Waals surface area contributed by atoms with Crippen LogP contribution in [0.5, 0.6) is 0 Å². The van der Waals surface area contributed by atoms with Crippen molar-refractivity contribution < 1.29 is 37.7 Å². The molecule has 2 atom stereocenters. The fourth-order valence-corrected chi connectivity index (χ4v) is 1.01. The molecule has 0 saturated carbocycles. The lowest BCUT2D eigenvalue weighted by Gasteiger charge is -2.17. The monoisotopic (exact) mass is 288 g/mol. The van der Waals surface area contributed by atoms with E-state index in [-0.39, 0.29) is 13.2 Å². The molecule has 7 nitrogen and oxygen atoms in total. The van der Waals surface area contributed by atoms with E-state index in [9.17, 15) is 22.8 Å².